The average Bonchev–Trinajstić information content (AvgIpc) is 2.81. The van der Waals surface area contributed by atoms with Crippen molar-refractivity contribution in [2.75, 3.05) is 20.3 Å². The van der Waals surface area contributed by atoms with Gasteiger partial charge in [-0.25, -0.2) is 0 Å². The van der Waals surface area contributed by atoms with Crippen LogP contribution < -0.4 is 5.32 Å². The van der Waals surface area contributed by atoms with Gasteiger partial charge < -0.3 is 10.1 Å². The van der Waals surface area contributed by atoms with E-state index in [-0.39, 0.29) is 0 Å². The fourth-order valence-electron chi connectivity index (χ4n) is 2.34. The van der Waals surface area contributed by atoms with E-state index in [1.54, 1.807) is 7.11 Å². The van der Waals surface area contributed by atoms with Crippen molar-refractivity contribution >= 4 is 0 Å². The number of hydrogen-bond donors (Lipinski definition) is 1. The molecule has 0 spiro atoms. The number of hydrogen-bond acceptors (Lipinski definition) is 3. The molecule has 20 heavy (non-hydrogen) atoms. The van der Waals surface area contributed by atoms with Gasteiger partial charge in [-0.2, -0.15) is 5.10 Å². The van der Waals surface area contributed by atoms with Crippen LogP contribution in [0.5, 0.6) is 0 Å². The van der Waals surface area contributed by atoms with Gasteiger partial charge >= 0.3 is 0 Å². The lowest BCUT2D eigenvalue weighted by Gasteiger charge is -2.05. The molecular weight excluding hydrogens is 250 g/mol. The van der Waals surface area contributed by atoms with Crippen LogP contribution in [-0.2, 0) is 17.8 Å². The van der Waals surface area contributed by atoms with Crippen molar-refractivity contribution in [3.63, 3.8) is 0 Å². The third kappa shape index (κ3) is 4.47. The second kappa shape index (κ2) is 7.22. The van der Waals surface area contributed by atoms with Crippen LogP contribution >= 0.6 is 0 Å². The molecule has 0 saturated carbocycles. The lowest BCUT2D eigenvalue weighted by Crippen LogP contribution is -2.18. The molecule has 2 rings (SSSR count). The monoisotopic (exact) mass is 273 g/mol. The zero-order valence-electron chi connectivity index (χ0n) is 12.5. The lowest BCUT2D eigenvalue weighted by atomic mass is 10.1. The van der Waals surface area contributed by atoms with Crippen LogP contribution in [0.15, 0.2) is 30.6 Å². The second-order valence-corrected chi connectivity index (χ2v) is 5.21. The number of aryl methyl sites for hydroxylation is 2. The molecule has 4 heteroatoms. The third-order valence-electron chi connectivity index (χ3n) is 3.12. The summed E-state index contributed by atoms with van der Waals surface area (Å²) in [4.78, 5) is 0. The van der Waals surface area contributed by atoms with Crippen LogP contribution in [0.3, 0.4) is 0 Å². The first-order valence-corrected chi connectivity index (χ1v) is 6.95. The van der Waals surface area contributed by atoms with E-state index in [4.69, 9.17) is 4.74 Å². The molecule has 0 fully saturated rings. The number of rotatable bonds is 7. The van der Waals surface area contributed by atoms with E-state index < -0.39 is 0 Å². The van der Waals surface area contributed by atoms with Crippen molar-refractivity contribution in [3.05, 3.63) is 52.8 Å². The van der Waals surface area contributed by atoms with E-state index in [0.29, 0.717) is 0 Å². The minimum Gasteiger partial charge on any atom is -0.383 e. The highest BCUT2D eigenvalue weighted by Crippen LogP contribution is 2.10. The minimum atomic E-state index is 0.733. The molecule has 1 heterocycles. The molecule has 0 saturated heterocycles. The van der Waals surface area contributed by atoms with Crippen molar-refractivity contribution in [2.45, 2.75) is 26.9 Å². The van der Waals surface area contributed by atoms with Crippen molar-refractivity contribution in [2.24, 2.45) is 0 Å². The summed E-state index contributed by atoms with van der Waals surface area (Å²) in [5.41, 5.74) is 5.09. The van der Waals surface area contributed by atoms with Crippen LogP contribution in [0.25, 0.3) is 0 Å². The standard InChI is InChI=1S/C16H23N3O/c1-13-6-14(2)8-15(7-13)11-19-12-16(10-18-19)9-17-4-5-20-3/h6-8,10,12,17H,4-5,9,11H2,1-3H3. The van der Waals surface area contributed by atoms with Gasteiger partial charge in [0.15, 0.2) is 0 Å². The van der Waals surface area contributed by atoms with Gasteiger partial charge in [-0.3, -0.25) is 4.68 Å². The van der Waals surface area contributed by atoms with Crippen molar-refractivity contribution in [1.82, 2.24) is 15.1 Å². The van der Waals surface area contributed by atoms with Crippen LogP contribution in [-0.4, -0.2) is 30.0 Å². The Hall–Kier alpha value is -1.65. The van der Waals surface area contributed by atoms with Gasteiger partial charge in [0.25, 0.3) is 0 Å². The summed E-state index contributed by atoms with van der Waals surface area (Å²) in [6.07, 6.45) is 4.01. The Balaban J connectivity index is 1.92. The maximum absolute atomic E-state index is 5.00. The van der Waals surface area contributed by atoms with E-state index in [1.807, 2.05) is 10.9 Å². The zero-order chi connectivity index (χ0) is 14.4. The summed E-state index contributed by atoms with van der Waals surface area (Å²) in [5, 5.41) is 7.73. The molecule has 0 radical (unpaired) electrons. The van der Waals surface area contributed by atoms with Crippen molar-refractivity contribution < 1.29 is 4.74 Å². The third-order valence-corrected chi connectivity index (χ3v) is 3.12. The Labute approximate surface area is 120 Å². The van der Waals surface area contributed by atoms with E-state index in [0.717, 1.165) is 26.2 Å². The van der Waals surface area contributed by atoms with Gasteiger partial charge in [0.1, 0.15) is 0 Å². The van der Waals surface area contributed by atoms with Crippen molar-refractivity contribution in [3.8, 4) is 0 Å². The lowest BCUT2D eigenvalue weighted by molar-refractivity contribution is 0.199. The Morgan fingerprint density at radius 2 is 1.90 bits per heavy atom. The summed E-state index contributed by atoms with van der Waals surface area (Å²) in [6, 6.07) is 6.62. The normalized spacial score (nSPS) is 10.9. The average molecular weight is 273 g/mol. The van der Waals surface area contributed by atoms with Crippen LogP contribution in [0.1, 0.15) is 22.3 Å². The van der Waals surface area contributed by atoms with Crippen molar-refractivity contribution in [1.29, 1.82) is 0 Å². The van der Waals surface area contributed by atoms with E-state index >= 15 is 0 Å². The van der Waals surface area contributed by atoms with Crippen LogP contribution in [0.2, 0.25) is 0 Å². The van der Waals surface area contributed by atoms with Gasteiger partial charge in [-0.15, -0.1) is 0 Å². The Kier molecular flexibility index (Phi) is 5.32. The highest BCUT2D eigenvalue weighted by Gasteiger charge is 2.01. The number of nitrogens with zero attached hydrogens (tertiary/aromatic N) is 2. The largest absolute Gasteiger partial charge is 0.383 e. The molecule has 1 aromatic carbocycles. The molecule has 0 atom stereocenters. The summed E-state index contributed by atoms with van der Waals surface area (Å²) in [5.74, 6) is 0. The Morgan fingerprint density at radius 1 is 1.15 bits per heavy atom. The Morgan fingerprint density at radius 3 is 2.60 bits per heavy atom. The molecule has 0 bridgehead atoms. The summed E-state index contributed by atoms with van der Waals surface area (Å²) < 4.78 is 6.99. The molecule has 2 aromatic rings. The molecule has 1 N–H and O–H groups in total. The number of methoxy groups -OCH3 is 1. The molecule has 0 unspecified atom stereocenters. The molecule has 1 aromatic heterocycles. The van der Waals surface area contributed by atoms with Gasteiger partial charge in [-0.05, 0) is 19.4 Å². The maximum Gasteiger partial charge on any atom is 0.0659 e. The summed E-state index contributed by atoms with van der Waals surface area (Å²) >= 11 is 0. The molecule has 0 aliphatic heterocycles. The van der Waals surface area contributed by atoms with Gasteiger partial charge in [-0.1, -0.05) is 29.3 Å². The second-order valence-electron chi connectivity index (χ2n) is 5.21. The smallest absolute Gasteiger partial charge is 0.0659 e. The number of ether oxygens (including phenoxy) is 1. The highest BCUT2D eigenvalue weighted by atomic mass is 16.5. The topological polar surface area (TPSA) is 39.1 Å². The van der Waals surface area contributed by atoms with E-state index in [9.17, 15) is 0 Å². The maximum atomic E-state index is 5.00. The quantitative estimate of drug-likeness (QED) is 0.787. The summed E-state index contributed by atoms with van der Waals surface area (Å²) in [6.45, 7) is 7.50. The van der Waals surface area contributed by atoms with E-state index in [2.05, 4.69) is 48.7 Å². The first kappa shape index (κ1) is 14.8. The van der Waals surface area contributed by atoms with Gasteiger partial charge in [0, 0.05) is 32.0 Å². The molecule has 0 aliphatic carbocycles. The molecule has 0 aliphatic rings. The fourth-order valence-corrected chi connectivity index (χ4v) is 2.34. The summed E-state index contributed by atoms with van der Waals surface area (Å²) in [7, 11) is 1.71. The van der Waals surface area contributed by atoms with Crippen LogP contribution in [0, 0.1) is 13.8 Å². The molecule has 4 nitrogen and oxygen atoms in total. The fraction of sp³-hybridized carbons (Fsp3) is 0.438. The number of aromatic nitrogens is 2. The number of benzene rings is 1. The van der Waals surface area contributed by atoms with E-state index in [1.165, 1.54) is 22.3 Å². The SMILES string of the molecule is COCCNCc1cnn(Cc2cc(C)cc(C)c2)c1. The van der Waals surface area contributed by atoms with Gasteiger partial charge in [0.2, 0.25) is 0 Å². The zero-order valence-corrected chi connectivity index (χ0v) is 12.5. The van der Waals surface area contributed by atoms with Gasteiger partial charge in [0.05, 0.1) is 19.3 Å². The predicted octanol–water partition coefficient (Wildman–Crippen LogP) is 2.28. The Bertz CT molecular complexity index is 528. The minimum absolute atomic E-state index is 0.733. The first-order chi connectivity index (χ1) is 9.67. The molecular formula is C16H23N3O. The highest BCUT2D eigenvalue weighted by molar-refractivity contribution is 5.28. The number of nitrogens with one attached hydrogen (secondary N) is 1. The molecule has 0 amide bonds. The predicted molar refractivity (Wildman–Crippen MR) is 80.8 cm³/mol. The first-order valence-electron chi connectivity index (χ1n) is 6.95. The van der Waals surface area contributed by atoms with Crippen LogP contribution in [0.4, 0.5) is 0 Å². The molecule has 108 valence electrons.